The molecule has 0 aliphatic rings. The number of nitrogens with one attached hydrogen (secondary N) is 1. The van der Waals surface area contributed by atoms with Gasteiger partial charge in [0.25, 0.3) is 17.5 Å². The van der Waals surface area contributed by atoms with Crippen LogP contribution in [0.15, 0.2) is 65.2 Å². The summed E-state index contributed by atoms with van der Waals surface area (Å²) in [4.78, 5) is 23.8. The molecule has 1 amide bonds. The summed E-state index contributed by atoms with van der Waals surface area (Å²) in [6.45, 7) is 7.36. The van der Waals surface area contributed by atoms with Gasteiger partial charge in [-0.2, -0.15) is 9.78 Å². The molecule has 2 aromatic carbocycles. The van der Waals surface area contributed by atoms with Crippen LogP contribution in [-0.4, -0.2) is 37.8 Å². The highest BCUT2D eigenvalue weighted by molar-refractivity contribution is 6.06. The Morgan fingerprint density at radius 2 is 1.97 bits per heavy atom. The molecule has 0 spiro atoms. The SMILES string of the molecule is [C-]#[N+]c1cnn(-c2ncccn2)c1N=Nc1c(O)c(C(=O)NC)cc2ccccc12. The fourth-order valence-corrected chi connectivity index (χ4v) is 2.88. The van der Waals surface area contributed by atoms with Gasteiger partial charge in [0.1, 0.15) is 5.69 Å². The minimum absolute atomic E-state index is 0.0652. The zero-order chi connectivity index (χ0) is 21.1. The Bertz CT molecular complexity index is 1320. The van der Waals surface area contributed by atoms with E-state index in [1.54, 1.807) is 30.3 Å². The number of benzene rings is 2. The van der Waals surface area contributed by atoms with Gasteiger partial charge in [0.2, 0.25) is 0 Å². The van der Waals surface area contributed by atoms with E-state index < -0.39 is 5.91 Å². The molecule has 0 aliphatic carbocycles. The van der Waals surface area contributed by atoms with Crippen molar-refractivity contribution in [1.82, 2.24) is 25.1 Å². The van der Waals surface area contributed by atoms with Crippen molar-refractivity contribution >= 4 is 33.9 Å². The second-order valence-electron chi connectivity index (χ2n) is 6.05. The Kier molecular flexibility index (Phi) is 4.84. The van der Waals surface area contributed by atoms with E-state index in [0.717, 1.165) is 0 Å². The highest BCUT2D eigenvalue weighted by Crippen LogP contribution is 2.40. The van der Waals surface area contributed by atoms with Gasteiger partial charge in [-0.05, 0) is 17.5 Å². The number of carbonyl (C=O) groups excluding carboxylic acids is 1. The Hall–Kier alpha value is -4.65. The van der Waals surface area contributed by atoms with Gasteiger partial charge in [-0.3, -0.25) is 4.79 Å². The Labute approximate surface area is 170 Å². The summed E-state index contributed by atoms with van der Waals surface area (Å²) in [5.41, 5.74) is 0.303. The summed E-state index contributed by atoms with van der Waals surface area (Å²) in [5.74, 6) is -0.456. The molecule has 0 radical (unpaired) electrons. The third kappa shape index (κ3) is 3.20. The number of amides is 1. The summed E-state index contributed by atoms with van der Waals surface area (Å²) < 4.78 is 1.28. The zero-order valence-corrected chi connectivity index (χ0v) is 15.7. The Morgan fingerprint density at radius 1 is 1.20 bits per heavy atom. The van der Waals surface area contributed by atoms with E-state index in [4.69, 9.17) is 6.57 Å². The molecule has 0 saturated heterocycles. The van der Waals surface area contributed by atoms with E-state index in [1.165, 1.54) is 30.3 Å². The van der Waals surface area contributed by atoms with Gasteiger partial charge in [0.15, 0.2) is 11.6 Å². The fraction of sp³-hybridized carbons (Fsp3) is 0.0500. The molecule has 4 rings (SSSR count). The molecule has 0 unspecified atom stereocenters. The largest absolute Gasteiger partial charge is 0.505 e. The van der Waals surface area contributed by atoms with Crippen LogP contribution in [0.3, 0.4) is 0 Å². The fourth-order valence-electron chi connectivity index (χ4n) is 2.88. The van der Waals surface area contributed by atoms with E-state index in [-0.39, 0.29) is 34.5 Å². The molecule has 4 aromatic rings. The molecule has 0 aliphatic heterocycles. The molecule has 10 heteroatoms. The molecule has 0 saturated carbocycles. The molecule has 10 nitrogen and oxygen atoms in total. The number of aromatic hydroxyl groups is 1. The summed E-state index contributed by atoms with van der Waals surface area (Å²) >= 11 is 0. The molecule has 0 bridgehead atoms. The first-order chi connectivity index (χ1) is 14.6. The molecular weight excluding hydrogens is 384 g/mol. The van der Waals surface area contributed by atoms with E-state index in [2.05, 4.69) is 35.5 Å². The van der Waals surface area contributed by atoms with Crippen molar-refractivity contribution in [3.05, 3.63) is 72.0 Å². The van der Waals surface area contributed by atoms with Crippen LogP contribution in [-0.2, 0) is 0 Å². The first kappa shape index (κ1) is 18.7. The van der Waals surface area contributed by atoms with Crippen molar-refractivity contribution in [2.45, 2.75) is 0 Å². The molecule has 2 heterocycles. The molecule has 30 heavy (non-hydrogen) atoms. The predicted octanol–water partition coefficient (Wildman–Crippen LogP) is 3.85. The number of phenols is 1. The lowest BCUT2D eigenvalue weighted by Crippen LogP contribution is -2.17. The van der Waals surface area contributed by atoms with Crippen molar-refractivity contribution < 1.29 is 9.90 Å². The Balaban J connectivity index is 1.90. The second kappa shape index (κ2) is 7.76. The van der Waals surface area contributed by atoms with Gasteiger partial charge >= 0.3 is 0 Å². The lowest BCUT2D eigenvalue weighted by atomic mass is 10.0. The highest BCUT2D eigenvalue weighted by Gasteiger charge is 2.19. The van der Waals surface area contributed by atoms with Crippen LogP contribution < -0.4 is 5.32 Å². The topological polar surface area (TPSA) is 122 Å². The number of nitrogens with zero attached hydrogens (tertiary/aromatic N) is 7. The standard InChI is InChI=1S/C20H14N8O2/c1-21-15-11-25-28(20-23-8-5-9-24-20)18(15)27-26-16-13-7-4-3-6-12(13)10-14(17(16)29)19(30)22-2/h3-11,29H,2H3,(H,22,30). The Morgan fingerprint density at radius 3 is 2.70 bits per heavy atom. The van der Waals surface area contributed by atoms with E-state index >= 15 is 0 Å². The summed E-state index contributed by atoms with van der Waals surface area (Å²) in [7, 11) is 1.47. The van der Waals surface area contributed by atoms with Crippen molar-refractivity contribution in [2.75, 3.05) is 7.05 Å². The first-order valence-corrected chi connectivity index (χ1v) is 8.75. The number of azo groups is 1. The quantitative estimate of drug-likeness (QED) is 0.399. The van der Waals surface area contributed by atoms with Crippen LogP contribution in [0.5, 0.6) is 5.75 Å². The van der Waals surface area contributed by atoms with Gasteiger partial charge in [-0.15, -0.1) is 10.2 Å². The van der Waals surface area contributed by atoms with Gasteiger partial charge in [-0.25, -0.2) is 14.8 Å². The maximum atomic E-state index is 12.2. The van der Waals surface area contributed by atoms with Crippen LogP contribution in [0.1, 0.15) is 10.4 Å². The van der Waals surface area contributed by atoms with Crippen molar-refractivity contribution in [3.63, 3.8) is 0 Å². The first-order valence-electron chi connectivity index (χ1n) is 8.75. The second-order valence-corrected chi connectivity index (χ2v) is 6.05. The monoisotopic (exact) mass is 398 g/mol. The van der Waals surface area contributed by atoms with Crippen molar-refractivity contribution in [2.24, 2.45) is 10.2 Å². The van der Waals surface area contributed by atoms with Gasteiger partial charge in [0.05, 0.1) is 18.3 Å². The van der Waals surface area contributed by atoms with Crippen molar-refractivity contribution in [1.29, 1.82) is 0 Å². The van der Waals surface area contributed by atoms with Gasteiger partial charge in [0, 0.05) is 24.8 Å². The minimum Gasteiger partial charge on any atom is -0.505 e. The highest BCUT2D eigenvalue weighted by atomic mass is 16.3. The molecule has 0 fully saturated rings. The molecule has 2 aromatic heterocycles. The lowest BCUT2D eigenvalue weighted by Gasteiger charge is -2.09. The summed E-state index contributed by atoms with van der Waals surface area (Å²) in [5, 5.41) is 27.0. The van der Waals surface area contributed by atoms with Crippen LogP contribution in [0.2, 0.25) is 0 Å². The molecule has 2 N–H and O–H groups in total. The van der Waals surface area contributed by atoms with Crippen LogP contribution in [0.25, 0.3) is 21.6 Å². The van der Waals surface area contributed by atoms with Crippen LogP contribution in [0.4, 0.5) is 17.2 Å². The van der Waals surface area contributed by atoms with E-state index in [9.17, 15) is 9.90 Å². The minimum atomic E-state index is -0.459. The number of hydrogen-bond donors (Lipinski definition) is 2. The number of carbonyl (C=O) groups is 1. The average molecular weight is 398 g/mol. The van der Waals surface area contributed by atoms with E-state index in [0.29, 0.717) is 10.8 Å². The summed E-state index contributed by atoms with van der Waals surface area (Å²) in [6.07, 6.45) is 4.40. The summed E-state index contributed by atoms with van der Waals surface area (Å²) in [6, 6.07) is 10.4. The third-order valence-corrected chi connectivity index (χ3v) is 4.30. The molecular formula is C20H14N8O2. The van der Waals surface area contributed by atoms with Crippen molar-refractivity contribution in [3.8, 4) is 11.7 Å². The maximum Gasteiger partial charge on any atom is 0.254 e. The number of fused-ring (bicyclic) bond motifs is 1. The third-order valence-electron chi connectivity index (χ3n) is 4.30. The number of hydrogen-bond acceptors (Lipinski definition) is 7. The number of aromatic nitrogens is 4. The number of phenolic OH excluding ortho intramolecular Hbond substituents is 1. The van der Waals surface area contributed by atoms with Gasteiger partial charge in [-0.1, -0.05) is 24.3 Å². The zero-order valence-electron chi connectivity index (χ0n) is 15.7. The normalized spacial score (nSPS) is 10.9. The predicted molar refractivity (Wildman–Crippen MR) is 109 cm³/mol. The maximum absolute atomic E-state index is 12.2. The van der Waals surface area contributed by atoms with Gasteiger partial charge < -0.3 is 10.4 Å². The lowest BCUT2D eigenvalue weighted by molar-refractivity contribution is 0.0960. The molecule has 0 atom stereocenters. The van der Waals surface area contributed by atoms with E-state index in [1.807, 2.05) is 6.07 Å². The van der Waals surface area contributed by atoms with Crippen LogP contribution in [0, 0.1) is 6.57 Å². The smallest absolute Gasteiger partial charge is 0.254 e. The van der Waals surface area contributed by atoms with Crippen LogP contribution >= 0.6 is 0 Å². The molecule has 146 valence electrons. The average Bonchev–Trinajstić information content (AvgIpc) is 3.21. The number of rotatable bonds is 4.